The highest BCUT2D eigenvalue weighted by Gasteiger charge is 2.18. The van der Waals surface area contributed by atoms with E-state index in [4.69, 9.17) is 0 Å². The van der Waals surface area contributed by atoms with Gasteiger partial charge in [-0.05, 0) is 34.1 Å². The van der Waals surface area contributed by atoms with E-state index in [1.54, 1.807) is 0 Å². The van der Waals surface area contributed by atoms with Crippen LogP contribution >= 0.6 is 0 Å². The molecule has 0 saturated heterocycles. The van der Waals surface area contributed by atoms with Crippen molar-refractivity contribution in [2.75, 3.05) is 0 Å². The quantitative estimate of drug-likeness (QED) is 0.628. The van der Waals surface area contributed by atoms with Crippen LogP contribution in [-0.4, -0.2) is 14.7 Å². The highest BCUT2D eigenvalue weighted by atomic mass is 32.2. The summed E-state index contributed by atoms with van der Waals surface area (Å²) in [4.78, 5) is 0. The Morgan fingerprint density at radius 3 is 2.25 bits per heavy atom. The lowest BCUT2D eigenvalue weighted by atomic mass is 10.2. The Labute approximate surface area is 78.1 Å². The predicted molar refractivity (Wildman–Crippen MR) is 55.9 cm³/mol. The molecular formula is C9H19NOS. The van der Waals surface area contributed by atoms with Crippen molar-refractivity contribution < 1.29 is 4.21 Å². The van der Waals surface area contributed by atoms with Crippen molar-refractivity contribution in [1.82, 2.24) is 0 Å². The van der Waals surface area contributed by atoms with Crippen LogP contribution in [0, 0.1) is 0 Å². The van der Waals surface area contributed by atoms with E-state index in [0.29, 0.717) is 0 Å². The Balaban J connectivity index is 4.24. The van der Waals surface area contributed by atoms with Gasteiger partial charge in [0.2, 0.25) is 0 Å². The SMILES string of the molecule is CCC/C(C)=N/[S@@](=O)C(C)(C)C. The fraction of sp³-hybridized carbons (Fsp3) is 0.889. The van der Waals surface area contributed by atoms with Crippen LogP contribution in [-0.2, 0) is 11.0 Å². The van der Waals surface area contributed by atoms with Gasteiger partial charge in [-0.2, -0.15) is 4.40 Å². The Kier molecular flexibility index (Phi) is 4.68. The third-order valence-electron chi connectivity index (χ3n) is 1.37. The average Bonchev–Trinajstić information content (AvgIpc) is 1.85. The van der Waals surface area contributed by atoms with E-state index >= 15 is 0 Å². The van der Waals surface area contributed by atoms with Gasteiger partial charge in [-0.3, -0.25) is 0 Å². The van der Waals surface area contributed by atoms with Crippen molar-refractivity contribution >= 4 is 16.7 Å². The number of nitrogens with zero attached hydrogens (tertiary/aromatic N) is 1. The molecule has 2 nitrogen and oxygen atoms in total. The van der Waals surface area contributed by atoms with Gasteiger partial charge in [0.25, 0.3) is 0 Å². The molecule has 0 aromatic carbocycles. The first-order chi connectivity index (χ1) is 5.38. The summed E-state index contributed by atoms with van der Waals surface area (Å²) in [5, 5.41) is 0. The highest BCUT2D eigenvalue weighted by molar-refractivity contribution is 7.85. The second-order valence-electron chi connectivity index (χ2n) is 3.94. The molecule has 12 heavy (non-hydrogen) atoms. The minimum atomic E-state index is -1.08. The summed E-state index contributed by atoms with van der Waals surface area (Å²) < 4.78 is 15.4. The smallest absolute Gasteiger partial charge is 0.144 e. The highest BCUT2D eigenvalue weighted by Crippen LogP contribution is 2.12. The van der Waals surface area contributed by atoms with Crippen molar-refractivity contribution in [3.8, 4) is 0 Å². The van der Waals surface area contributed by atoms with Crippen molar-refractivity contribution in [2.45, 2.75) is 52.2 Å². The third kappa shape index (κ3) is 4.65. The zero-order valence-electron chi connectivity index (χ0n) is 8.68. The molecule has 0 radical (unpaired) electrons. The number of hydrogen-bond acceptors (Lipinski definition) is 1. The van der Waals surface area contributed by atoms with E-state index in [-0.39, 0.29) is 4.75 Å². The van der Waals surface area contributed by atoms with Crippen molar-refractivity contribution in [1.29, 1.82) is 0 Å². The molecule has 0 aliphatic rings. The number of rotatable bonds is 3. The summed E-state index contributed by atoms with van der Waals surface area (Å²) in [6, 6.07) is 0. The van der Waals surface area contributed by atoms with Gasteiger partial charge in [-0.1, -0.05) is 13.3 Å². The first kappa shape index (κ1) is 11.8. The van der Waals surface area contributed by atoms with Gasteiger partial charge >= 0.3 is 0 Å². The van der Waals surface area contributed by atoms with E-state index < -0.39 is 11.0 Å². The van der Waals surface area contributed by atoms with Crippen LogP contribution in [0.4, 0.5) is 0 Å². The Morgan fingerprint density at radius 1 is 1.42 bits per heavy atom. The fourth-order valence-electron chi connectivity index (χ4n) is 0.686. The summed E-state index contributed by atoms with van der Waals surface area (Å²) in [6.45, 7) is 9.84. The molecule has 0 amide bonds. The number of hydrogen-bond donors (Lipinski definition) is 0. The van der Waals surface area contributed by atoms with Crippen molar-refractivity contribution in [3.05, 3.63) is 0 Å². The molecule has 0 heterocycles. The van der Waals surface area contributed by atoms with E-state index in [2.05, 4.69) is 11.3 Å². The lowest BCUT2D eigenvalue weighted by Crippen LogP contribution is -2.20. The molecule has 0 unspecified atom stereocenters. The summed E-state index contributed by atoms with van der Waals surface area (Å²) in [5.74, 6) is 0. The minimum Gasteiger partial charge on any atom is -0.234 e. The molecule has 3 heteroatoms. The standard InChI is InChI=1S/C9H19NOS/c1-6-7-8(2)10-12(11)9(3,4)5/h6-7H2,1-5H3/b10-8+/t12-/m0/s1. The first-order valence-corrected chi connectivity index (χ1v) is 5.44. The van der Waals surface area contributed by atoms with Gasteiger partial charge in [0.05, 0.1) is 4.75 Å². The first-order valence-electron chi connectivity index (χ1n) is 4.34. The molecule has 72 valence electrons. The van der Waals surface area contributed by atoms with Gasteiger partial charge < -0.3 is 0 Å². The summed E-state index contributed by atoms with van der Waals surface area (Å²) in [7, 11) is -1.08. The second kappa shape index (κ2) is 4.75. The van der Waals surface area contributed by atoms with Crippen LogP contribution < -0.4 is 0 Å². The largest absolute Gasteiger partial charge is 0.234 e. The molecular weight excluding hydrogens is 170 g/mol. The maximum Gasteiger partial charge on any atom is 0.144 e. The van der Waals surface area contributed by atoms with E-state index in [0.717, 1.165) is 18.6 Å². The lowest BCUT2D eigenvalue weighted by Gasteiger charge is -2.13. The average molecular weight is 189 g/mol. The molecule has 0 saturated carbocycles. The van der Waals surface area contributed by atoms with Gasteiger partial charge in [-0.25, -0.2) is 4.21 Å². The van der Waals surface area contributed by atoms with E-state index in [9.17, 15) is 4.21 Å². The maximum absolute atomic E-state index is 11.5. The minimum absolute atomic E-state index is 0.227. The molecule has 1 atom stereocenters. The lowest BCUT2D eigenvalue weighted by molar-refractivity contribution is 0.650. The molecule has 0 aliphatic carbocycles. The summed E-state index contributed by atoms with van der Waals surface area (Å²) >= 11 is 0. The maximum atomic E-state index is 11.5. The van der Waals surface area contributed by atoms with Gasteiger partial charge in [-0.15, -0.1) is 0 Å². The molecule has 0 rings (SSSR count). The Bertz CT molecular complexity index is 191. The molecule has 0 aromatic rings. The molecule has 0 N–H and O–H groups in total. The van der Waals surface area contributed by atoms with Crippen LogP contribution in [0.2, 0.25) is 0 Å². The molecule has 0 spiro atoms. The Morgan fingerprint density at radius 2 is 1.92 bits per heavy atom. The van der Waals surface area contributed by atoms with Crippen LogP contribution in [0.1, 0.15) is 47.5 Å². The van der Waals surface area contributed by atoms with Crippen molar-refractivity contribution in [2.24, 2.45) is 4.40 Å². The zero-order valence-corrected chi connectivity index (χ0v) is 9.49. The van der Waals surface area contributed by atoms with Crippen LogP contribution in [0.3, 0.4) is 0 Å². The predicted octanol–water partition coefficient (Wildman–Crippen LogP) is 2.71. The Hall–Kier alpha value is -0.180. The molecule has 0 aromatic heterocycles. The molecule has 0 bridgehead atoms. The normalized spacial score (nSPS) is 16.2. The monoisotopic (exact) mass is 189 g/mol. The topological polar surface area (TPSA) is 29.4 Å². The molecule has 0 fully saturated rings. The fourth-order valence-corrected chi connectivity index (χ4v) is 1.33. The summed E-state index contributed by atoms with van der Waals surface area (Å²) in [5.41, 5.74) is 0.991. The van der Waals surface area contributed by atoms with E-state index in [1.807, 2.05) is 27.7 Å². The zero-order chi connectivity index (χ0) is 9.78. The second-order valence-corrected chi connectivity index (χ2v) is 5.84. The van der Waals surface area contributed by atoms with Gasteiger partial charge in [0.1, 0.15) is 11.0 Å². The van der Waals surface area contributed by atoms with Crippen molar-refractivity contribution in [3.63, 3.8) is 0 Å². The van der Waals surface area contributed by atoms with Crippen LogP contribution in [0.15, 0.2) is 4.40 Å². The third-order valence-corrected chi connectivity index (χ3v) is 2.90. The summed E-state index contributed by atoms with van der Waals surface area (Å²) in [6.07, 6.45) is 2.01. The van der Waals surface area contributed by atoms with Crippen LogP contribution in [0.25, 0.3) is 0 Å². The van der Waals surface area contributed by atoms with Crippen LogP contribution in [0.5, 0.6) is 0 Å². The van der Waals surface area contributed by atoms with Gasteiger partial charge in [0, 0.05) is 5.71 Å². The van der Waals surface area contributed by atoms with E-state index in [1.165, 1.54) is 0 Å². The molecule has 0 aliphatic heterocycles. The van der Waals surface area contributed by atoms with Gasteiger partial charge in [0.15, 0.2) is 0 Å².